The smallest absolute Gasteiger partial charge is 0.186 e. The van der Waals surface area contributed by atoms with Crippen LogP contribution < -0.4 is 9.80 Å². The Morgan fingerprint density at radius 2 is 1.65 bits per heavy atom. The van der Waals surface area contributed by atoms with Crippen molar-refractivity contribution in [3.05, 3.63) is 48.3 Å². The quantitative estimate of drug-likeness (QED) is 0.686. The first-order valence-corrected chi connectivity index (χ1v) is 11.0. The van der Waals surface area contributed by atoms with E-state index in [4.69, 9.17) is 0 Å². The van der Waals surface area contributed by atoms with Gasteiger partial charge in [-0.3, -0.25) is 0 Å². The summed E-state index contributed by atoms with van der Waals surface area (Å²) in [6.45, 7) is 3.29. The molecule has 1 fully saturated rings. The molecule has 2 heterocycles. The van der Waals surface area contributed by atoms with E-state index in [2.05, 4.69) is 14.8 Å². The number of benzene rings is 2. The Morgan fingerprint density at radius 1 is 1.00 bits per heavy atom. The molecule has 1 aliphatic heterocycles. The van der Waals surface area contributed by atoms with Crippen LogP contribution in [0.2, 0.25) is 0 Å². The Bertz CT molecular complexity index is 1040. The number of aromatic nitrogens is 1. The van der Waals surface area contributed by atoms with Crippen LogP contribution in [0, 0.1) is 5.82 Å². The average Bonchev–Trinajstić information content (AvgIpc) is 3.05. The van der Waals surface area contributed by atoms with E-state index in [1.165, 1.54) is 29.7 Å². The Morgan fingerprint density at radius 3 is 2.31 bits per heavy atom. The SMILES string of the molecule is CS(=O)(=O)c1ccc2nc(N3CCN(c4ccc(F)cc4)CC3)sc2c1. The zero-order chi connectivity index (χ0) is 18.3. The largest absolute Gasteiger partial charge is 0.368 e. The van der Waals surface area contributed by atoms with Crippen molar-refractivity contribution in [1.29, 1.82) is 0 Å². The summed E-state index contributed by atoms with van der Waals surface area (Å²) < 4.78 is 37.4. The number of hydrogen-bond donors (Lipinski definition) is 0. The van der Waals surface area contributed by atoms with Gasteiger partial charge in [-0.2, -0.15) is 0 Å². The van der Waals surface area contributed by atoms with E-state index in [-0.39, 0.29) is 5.82 Å². The minimum Gasteiger partial charge on any atom is -0.368 e. The predicted molar refractivity (Wildman–Crippen MR) is 104 cm³/mol. The summed E-state index contributed by atoms with van der Waals surface area (Å²) in [5.41, 5.74) is 1.84. The maximum absolute atomic E-state index is 13.1. The maximum atomic E-state index is 13.1. The van der Waals surface area contributed by atoms with Gasteiger partial charge in [0.15, 0.2) is 15.0 Å². The van der Waals surface area contributed by atoms with Crippen molar-refractivity contribution >= 4 is 42.2 Å². The lowest BCUT2D eigenvalue weighted by molar-refractivity contribution is 0.602. The number of nitrogens with zero attached hydrogens (tertiary/aromatic N) is 3. The monoisotopic (exact) mass is 391 g/mol. The van der Waals surface area contributed by atoms with Gasteiger partial charge in [-0.1, -0.05) is 11.3 Å². The molecule has 5 nitrogen and oxygen atoms in total. The van der Waals surface area contributed by atoms with E-state index < -0.39 is 9.84 Å². The van der Waals surface area contributed by atoms with Crippen LogP contribution in [0.5, 0.6) is 0 Å². The second-order valence-corrected chi connectivity index (χ2v) is 9.37. The lowest BCUT2D eigenvalue weighted by atomic mass is 10.2. The van der Waals surface area contributed by atoms with Gasteiger partial charge in [-0.25, -0.2) is 17.8 Å². The number of halogens is 1. The molecule has 1 saturated heterocycles. The number of sulfone groups is 1. The Kier molecular flexibility index (Phi) is 4.32. The van der Waals surface area contributed by atoms with E-state index in [0.717, 1.165) is 47.2 Å². The molecule has 0 bridgehead atoms. The molecular formula is C18H18FN3O2S2. The molecular weight excluding hydrogens is 373 g/mol. The van der Waals surface area contributed by atoms with Crippen molar-refractivity contribution < 1.29 is 12.8 Å². The van der Waals surface area contributed by atoms with E-state index in [1.54, 1.807) is 30.3 Å². The van der Waals surface area contributed by atoms with Crippen molar-refractivity contribution in [2.24, 2.45) is 0 Å². The standard InChI is InChI=1S/C18H18FN3O2S2/c1-26(23,24)15-6-7-16-17(12-15)25-18(20-16)22-10-8-21(9-11-22)14-4-2-13(19)3-5-14/h2-7,12H,8-11H2,1H3. The summed E-state index contributed by atoms with van der Waals surface area (Å²) in [6, 6.07) is 11.6. The number of piperazine rings is 1. The summed E-state index contributed by atoms with van der Waals surface area (Å²) >= 11 is 1.52. The lowest BCUT2D eigenvalue weighted by Crippen LogP contribution is -2.46. The van der Waals surface area contributed by atoms with Gasteiger partial charge in [0.25, 0.3) is 0 Å². The molecule has 3 aromatic rings. The fourth-order valence-corrected chi connectivity index (χ4v) is 4.84. The van der Waals surface area contributed by atoms with E-state index in [0.29, 0.717) is 4.90 Å². The molecule has 4 rings (SSSR count). The summed E-state index contributed by atoms with van der Waals surface area (Å²) in [5, 5.41) is 0.907. The molecule has 8 heteroatoms. The highest BCUT2D eigenvalue weighted by Gasteiger charge is 2.20. The number of rotatable bonds is 3. The predicted octanol–water partition coefficient (Wildman–Crippen LogP) is 3.17. The van der Waals surface area contributed by atoms with Crippen LogP contribution in [-0.4, -0.2) is 45.8 Å². The Hall–Kier alpha value is -2.19. The van der Waals surface area contributed by atoms with Gasteiger partial charge in [-0.05, 0) is 42.5 Å². The summed E-state index contributed by atoms with van der Waals surface area (Å²) in [7, 11) is -3.22. The normalized spacial score (nSPS) is 15.6. The molecule has 0 saturated carbocycles. The first kappa shape index (κ1) is 17.2. The minimum atomic E-state index is -3.22. The molecule has 1 aromatic heterocycles. The highest BCUT2D eigenvalue weighted by molar-refractivity contribution is 7.90. The first-order chi connectivity index (χ1) is 12.4. The van der Waals surface area contributed by atoms with Crippen LogP contribution in [0.15, 0.2) is 47.4 Å². The van der Waals surface area contributed by atoms with E-state index in [1.807, 2.05) is 0 Å². The highest BCUT2D eigenvalue weighted by atomic mass is 32.2. The molecule has 0 amide bonds. The van der Waals surface area contributed by atoms with Crippen LogP contribution >= 0.6 is 11.3 Å². The third kappa shape index (κ3) is 3.39. The first-order valence-electron chi connectivity index (χ1n) is 8.26. The topological polar surface area (TPSA) is 53.5 Å². The number of fused-ring (bicyclic) bond motifs is 1. The number of thiazole rings is 1. The molecule has 0 unspecified atom stereocenters. The van der Waals surface area contributed by atoms with E-state index >= 15 is 0 Å². The van der Waals surface area contributed by atoms with Crippen molar-refractivity contribution in [2.75, 3.05) is 42.2 Å². The molecule has 2 aromatic carbocycles. The maximum Gasteiger partial charge on any atom is 0.186 e. The molecule has 0 spiro atoms. The molecule has 0 aliphatic carbocycles. The zero-order valence-corrected chi connectivity index (χ0v) is 15.9. The minimum absolute atomic E-state index is 0.227. The molecule has 0 radical (unpaired) electrons. The molecule has 0 atom stereocenters. The molecule has 136 valence electrons. The summed E-state index contributed by atoms with van der Waals surface area (Å²) in [5.74, 6) is -0.227. The molecule has 0 N–H and O–H groups in total. The second-order valence-electron chi connectivity index (χ2n) is 6.35. The van der Waals surface area contributed by atoms with Crippen LogP contribution in [0.4, 0.5) is 15.2 Å². The van der Waals surface area contributed by atoms with Gasteiger partial charge >= 0.3 is 0 Å². The van der Waals surface area contributed by atoms with Crippen molar-refractivity contribution in [3.63, 3.8) is 0 Å². The zero-order valence-electron chi connectivity index (χ0n) is 14.2. The number of anilines is 2. The van der Waals surface area contributed by atoms with Crippen molar-refractivity contribution in [1.82, 2.24) is 4.98 Å². The fourth-order valence-electron chi connectivity index (χ4n) is 3.07. The Labute approximate surface area is 155 Å². The van der Waals surface area contributed by atoms with Gasteiger partial charge in [0.2, 0.25) is 0 Å². The molecule has 1 aliphatic rings. The van der Waals surface area contributed by atoms with Gasteiger partial charge in [0.1, 0.15) is 5.82 Å². The van der Waals surface area contributed by atoms with Gasteiger partial charge in [0, 0.05) is 38.1 Å². The Balaban J connectivity index is 1.51. The lowest BCUT2D eigenvalue weighted by Gasteiger charge is -2.35. The second kappa shape index (κ2) is 6.51. The van der Waals surface area contributed by atoms with Crippen LogP contribution in [0.1, 0.15) is 0 Å². The van der Waals surface area contributed by atoms with Gasteiger partial charge in [0.05, 0.1) is 15.1 Å². The number of hydrogen-bond acceptors (Lipinski definition) is 6. The van der Waals surface area contributed by atoms with Crippen molar-refractivity contribution in [3.8, 4) is 0 Å². The van der Waals surface area contributed by atoms with Crippen molar-refractivity contribution in [2.45, 2.75) is 4.90 Å². The summed E-state index contributed by atoms with van der Waals surface area (Å²) in [4.78, 5) is 9.41. The van der Waals surface area contributed by atoms with Gasteiger partial charge < -0.3 is 9.80 Å². The summed E-state index contributed by atoms with van der Waals surface area (Å²) in [6.07, 6.45) is 1.21. The van der Waals surface area contributed by atoms with E-state index in [9.17, 15) is 12.8 Å². The average molecular weight is 391 g/mol. The fraction of sp³-hybridized carbons (Fsp3) is 0.278. The van der Waals surface area contributed by atoms with Crippen LogP contribution in [0.3, 0.4) is 0 Å². The van der Waals surface area contributed by atoms with Crippen LogP contribution in [0.25, 0.3) is 10.2 Å². The van der Waals surface area contributed by atoms with Gasteiger partial charge in [-0.15, -0.1) is 0 Å². The molecule has 26 heavy (non-hydrogen) atoms. The third-order valence-electron chi connectivity index (χ3n) is 4.52. The third-order valence-corrected chi connectivity index (χ3v) is 6.71. The highest BCUT2D eigenvalue weighted by Crippen LogP contribution is 2.31. The van der Waals surface area contributed by atoms with Crippen LogP contribution in [-0.2, 0) is 9.84 Å².